The molecule has 0 radical (unpaired) electrons. The molecule has 6 rings (SSSR count). The summed E-state index contributed by atoms with van der Waals surface area (Å²) in [6, 6.07) is 5.59. The van der Waals surface area contributed by atoms with Gasteiger partial charge in [-0.3, -0.25) is 9.59 Å². The number of carbonyl (C=O) groups excluding carboxylic acids is 2. The van der Waals surface area contributed by atoms with E-state index in [1.807, 2.05) is 39.0 Å². The number of aryl methyl sites for hydroxylation is 3. The second kappa shape index (κ2) is 12.6. The van der Waals surface area contributed by atoms with Gasteiger partial charge in [0.05, 0.1) is 70.6 Å². The summed E-state index contributed by atoms with van der Waals surface area (Å²) in [6.07, 6.45) is 2.46. The van der Waals surface area contributed by atoms with E-state index in [2.05, 4.69) is 15.0 Å². The van der Waals surface area contributed by atoms with Crippen molar-refractivity contribution in [3.63, 3.8) is 0 Å². The first-order chi connectivity index (χ1) is 23.2. The highest BCUT2D eigenvalue weighted by Crippen LogP contribution is 2.45. The van der Waals surface area contributed by atoms with E-state index >= 15 is 0 Å². The molecule has 250 valence electrons. The second-order valence-electron chi connectivity index (χ2n) is 11.7. The van der Waals surface area contributed by atoms with Crippen molar-refractivity contribution in [1.82, 2.24) is 15.0 Å². The predicted molar refractivity (Wildman–Crippen MR) is 185 cm³/mol. The van der Waals surface area contributed by atoms with Gasteiger partial charge in [-0.25, -0.2) is 0 Å². The maximum atomic E-state index is 12.0. The standard InChI is InChI=1S/C37H39N3O8/c1-17-23(11-22-28(45-6)14-31(48-9)34-19(3)25(16-42)40-37(22)34)38-35-20(26(43-4)12-29(46-7)32(17)35)10-21-27(44-5)13-30(47-8)33-18(2)24(15-41)39-36(21)33/h12-16,38-40H,10-11H2,1-9H3. The molecule has 11 heteroatoms. The van der Waals surface area contributed by atoms with Crippen LogP contribution in [0.5, 0.6) is 34.5 Å². The summed E-state index contributed by atoms with van der Waals surface area (Å²) in [5.41, 5.74) is 9.40. The molecule has 0 saturated carbocycles. The van der Waals surface area contributed by atoms with Crippen LogP contribution in [0.4, 0.5) is 0 Å². The molecule has 0 aliphatic heterocycles. The lowest BCUT2D eigenvalue weighted by molar-refractivity contribution is 0.111. The Balaban J connectivity index is 1.60. The van der Waals surface area contributed by atoms with Crippen molar-refractivity contribution in [3.05, 3.63) is 68.7 Å². The van der Waals surface area contributed by atoms with Gasteiger partial charge in [0.25, 0.3) is 0 Å². The van der Waals surface area contributed by atoms with E-state index in [0.29, 0.717) is 58.7 Å². The van der Waals surface area contributed by atoms with Crippen molar-refractivity contribution < 1.29 is 38.0 Å². The van der Waals surface area contributed by atoms with Gasteiger partial charge in [0, 0.05) is 69.6 Å². The van der Waals surface area contributed by atoms with Crippen LogP contribution in [-0.2, 0) is 12.8 Å². The number of aldehydes is 2. The van der Waals surface area contributed by atoms with Gasteiger partial charge in [-0.2, -0.15) is 0 Å². The maximum absolute atomic E-state index is 12.0. The summed E-state index contributed by atoms with van der Waals surface area (Å²) in [5.74, 6) is 3.73. The molecule has 0 amide bonds. The van der Waals surface area contributed by atoms with E-state index < -0.39 is 0 Å². The normalized spacial score (nSPS) is 11.4. The molecule has 0 saturated heterocycles. The fraction of sp³-hybridized carbons (Fsp3) is 0.297. The zero-order chi connectivity index (χ0) is 34.4. The molecule has 3 aromatic carbocycles. The van der Waals surface area contributed by atoms with E-state index in [9.17, 15) is 9.59 Å². The summed E-state index contributed by atoms with van der Waals surface area (Å²) in [5, 5.41) is 2.55. The number of aromatic amines is 3. The molecule has 3 heterocycles. The van der Waals surface area contributed by atoms with Gasteiger partial charge in [0.15, 0.2) is 12.6 Å². The molecule has 48 heavy (non-hydrogen) atoms. The van der Waals surface area contributed by atoms with Gasteiger partial charge in [-0.15, -0.1) is 0 Å². The Morgan fingerprint density at radius 1 is 0.479 bits per heavy atom. The molecular weight excluding hydrogens is 614 g/mol. The summed E-state index contributed by atoms with van der Waals surface area (Å²) in [6.45, 7) is 5.84. The number of carbonyl (C=O) groups is 2. The van der Waals surface area contributed by atoms with Crippen LogP contribution in [0.1, 0.15) is 60.1 Å². The van der Waals surface area contributed by atoms with E-state index in [1.165, 1.54) is 0 Å². The number of nitrogens with one attached hydrogen (secondary N) is 3. The van der Waals surface area contributed by atoms with Crippen molar-refractivity contribution >= 4 is 45.3 Å². The van der Waals surface area contributed by atoms with Crippen LogP contribution < -0.4 is 28.4 Å². The molecule has 0 aliphatic rings. The van der Waals surface area contributed by atoms with Crippen molar-refractivity contribution in [1.29, 1.82) is 0 Å². The summed E-state index contributed by atoms with van der Waals surface area (Å²) < 4.78 is 35.0. The number of rotatable bonds is 12. The smallest absolute Gasteiger partial charge is 0.166 e. The Bertz CT molecular complexity index is 2240. The predicted octanol–water partition coefficient (Wildman–Crippen LogP) is 6.91. The van der Waals surface area contributed by atoms with Gasteiger partial charge in [-0.05, 0) is 37.5 Å². The molecule has 0 atom stereocenters. The minimum atomic E-state index is 0.388. The first kappa shape index (κ1) is 32.4. The largest absolute Gasteiger partial charge is 0.496 e. The Labute approximate surface area is 277 Å². The first-order valence-electron chi connectivity index (χ1n) is 15.4. The molecule has 6 aromatic rings. The molecule has 0 unspecified atom stereocenters. The second-order valence-corrected chi connectivity index (χ2v) is 11.7. The third kappa shape index (κ3) is 4.80. The van der Waals surface area contributed by atoms with Crippen molar-refractivity contribution in [2.75, 3.05) is 42.7 Å². The molecule has 3 N–H and O–H groups in total. The van der Waals surface area contributed by atoms with E-state index in [0.717, 1.165) is 84.4 Å². The third-order valence-corrected chi connectivity index (χ3v) is 9.52. The SMILES string of the molecule is COc1cc(OC)c2c(C)c(C=O)[nH]c2c1Cc1[nH]c2c(Cc3c(OC)cc(OC)c4c(C)c(C=O)[nH]c34)c(OC)cc(OC)c2c1C. The zero-order valence-electron chi connectivity index (χ0n) is 28.6. The van der Waals surface area contributed by atoms with Crippen LogP contribution in [0.3, 0.4) is 0 Å². The van der Waals surface area contributed by atoms with Crippen LogP contribution in [0.2, 0.25) is 0 Å². The Kier molecular flexibility index (Phi) is 8.46. The molecule has 11 nitrogen and oxygen atoms in total. The quantitative estimate of drug-likeness (QED) is 0.121. The Morgan fingerprint density at radius 3 is 1.17 bits per heavy atom. The summed E-state index contributed by atoms with van der Waals surface area (Å²) in [7, 11) is 9.69. The van der Waals surface area contributed by atoms with Gasteiger partial charge in [0.1, 0.15) is 34.5 Å². The average Bonchev–Trinajstić information content (AvgIpc) is 3.75. The highest BCUT2D eigenvalue weighted by molar-refractivity contribution is 6.01. The summed E-state index contributed by atoms with van der Waals surface area (Å²) >= 11 is 0. The number of aromatic nitrogens is 3. The Morgan fingerprint density at radius 2 is 0.812 bits per heavy atom. The first-order valence-corrected chi connectivity index (χ1v) is 15.4. The highest BCUT2D eigenvalue weighted by Gasteiger charge is 2.26. The van der Waals surface area contributed by atoms with Crippen molar-refractivity contribution in [3.8, 4) is 34.5 Å². The molecule has 0 fully saturated rings. The average molecular weight is 654 g/mol. The molecule has 0 spiro atoms. The number of ether oxygens (including phenoxy) is 6. The van der Waals surface area contributed by atoms with Crippen molar-refractivity contribution in [2.24, 2.45) is 0 Å². The fourth-order valence-corrected chi connectivity index (χ4v) is 7.00. The lowest BCUT2D eigenvalue weighted by atomic mass is 9.96. The van der Waals surface area contributed by atoms with E-state index in [-0.39, 0.29) is 0 Å². The molecule has 0 aliphatic carbocycles. The van der Waals surface area contributed by atoms with Gasteiger partial charge in [-0.1, -0.05) is 0 Å². The topological polar surface area (TPSA) is 137 Å². The fourth-order valence-electron chi connectivity index (χ4n) is 7.00. The van der Waals surface area contributed by atoms with Crippen LogP contribution in [0.15, 0.2) is 18.2 Å². The number of H-pyrrole nitrogens is 3. The van der Waals surface area contributed by atoms with E-state index in [4.69, 9.17) is 28.4 Å². The van der Waals surface area contributed by atoms with Crippen LogP contribution >= 0.6 is 0 Å². The van der Waals surface area contributed by atoms with Gasteiger partial charge >= 0.3 is 0 Å². The minimum Gasteiger partial charge on any atom is -0.496 e. The molecule has 3 aromatic heterocycles. The number of hydrogen-bond donors (Lipinski definition) is 3. The molecular formula is C37H39N3O8. The van der Waals surface area contributed by atoms with Crippen LogP contribution in [0.25, 0.3) is 32.7 Å². The number of hydrogen-bond acceptors (Lipinski definition) is 8. The summed E-state index contributed by atoms with van der Waals surface area (Å²) in [4.78, 5) is 34.2. The monoisotopic (exact) mass is 653 g/mol. The van der Waals surface area contributed by atoms with Crippen molar-refractivity contribution in [2.45, 2.75) is 33.6 Å². The number of benzene rings is 3. The van der Waals surface area contributed by atoms with E-state index in [1.54, 1.807) is 42.7 Å². The van der Waals surface area contributed by atoms with Gasteiger partial charge < -0.3 is 43.4 Å². The zero-order valence-corrected chi connectivity index (χ0v) is 28.6. The Hall–Kier alpha value is -5.58. The third-order valence-electron chi connectivity index (χ3n) is 9.52. The van der Waals surface area contributed by atoms with Crippen LogP contribution in [0, 0.1) is 20.8 Å². The lowest BCUT2D eigenvalue weighted by Crippen LogP contribution is -2.01. The molecule has 0 bridgehead atoms. The van der Waals surface area contributed by atoms with Gasteiger partial charge in [0.2, 0.25) is 0 Å². The number of methoxy groups -OCH3 is 6. The van der Waals surface area contributed by atoms with Crippen LogP contribution in [-0.4, -0.2) is 70.2 Å². The maximum Gasteiger partial charge on any atom is 0.166 e. The highest BCUT2D eigenvalue weighted by atomic mass is 16.5. The minimum absolute atomic E-state index is 0.388. The number of fused-ring (bicyclic) bond motifs is 3. The lowest BCUT2D eigenvalue weighted by Gasteiger charge is -2.17.